The van der Waals surface area contributed by atoms with Gasteiger partial charge in [-0.3, -0.25) is 10.3 Å². The van der Waals surface area contributed by atoms with Gasteiger partial charge in [0, 0.05) is 16.8 Å². The molecule has 6 heteroatoms. The van der Waals surface area contributed by atoms with Crippen LogP contribution in [0.15, 0.2) is 33.7 Å². The van der Waals surface area contributed by atoms with E-state index in [1.54, 1.807) is 11.8 Å². The largest absolute Gasteiger partial charge is 0.334 e. The molecule has 1 aliphatic heterocycles. The molecule has 1 heterocycles. The first-order valence-corrected chi connectivity index (χ1v) is 6.99. The number of urea groups is 1. The summed E-state index contributed by atoms with van der Waals surface area (Å²) < 4.78 is 0.993. The molecule has 0 spiro atoms. The first-order chi connectivity index (χ1) is 8.25. The lowest BCUT2D eigenvalue weighted by molar-refractivity contribution is 0.245. The average molecular weight is 314 g/mol. The van der Waals surface area contributed by atoms with Crippen LogP contribution in [-0.2, 0) is 6.54 Å². The molecule has 2 amide bonds. The third-order valence-electron chi connectivity index (χ3n) is 2.20. The van der Waals surface area contributed by atoms with Crippen molar-refractivity contribution in [2.75, 3.05) is 12.3 Å². The Hall–Kier alpha value is -1.01. The zero-order valence-corrected chi connectivity index (χ0v) is 11.5. The van der Waals surface area contributed by atoms with Gasteiger partial charge in [0.25, 0.3) is 0 Å². The Bertz CT molecular complexity index is 450. The molecule has 0 radical (unpaired) electrons. The van der Waals surface area contributed by atoms with E-state index in [4.69, 9.17) is 0 Å². The van der Waals surface area contributed by atoms with Crippen molar-refractivity contribution in [3.63, 3.8) is 0 Å². The van der Waals surface area contributed by atoms with Gasteiger partial charge in [0.2, 0.25) is 0 Å². The quantitative estimate of drug-likeness (QED) is 0.880. The number of hydrogen-bond donors (Lipinski definition) is 2. The van der Waals surface area contributed by atoms with E-state index < -0.39 is 0 Å². The first kappa shape index (κ1) is 12.4. The number of nitrogens with zero attached hydrogens (tertiary/aromatic N) is 1. The van der Waals surface area contributed by atoms with E-state index in [-0.39, 0.29) is 6.03 Å². The van der Waals surface area contributed by atoms with Gasteiger partial charge in [-0.25, -0.2) is 4.79 Å². The van der Waals surface area contributed by atoms with Gasteiger partial charge < -0.3 is 5.32 Å². The number of amidine groups is 1. The molecule has 0 aromatic heterocycles. The Kier molecular flexibility index (Phi) is 4.44. The van der Waals surface area contributed by atoms with Gasteiger partial charge in [0.05, 0.1) is 6.54 Å². The van der Waals surface area contributed by atoms with Crippen molar-refractivity contribution in [2.45, 2.75) is 6.54 Å². The van der Waals surface area contributed by atoms with Crippen LogP contribution in [-0.4, -0.2) is 23.5 Å². The van der Waals surface area contributed by atoms with Crippen LogP contribution in [0.3, 0.4) is 0 Å². The Morgan fingerprint density at radius 2 is 2.29 bits per heavy atom. The monoisotopic (exact) mass is 313 g/mol. The van der Waals surface area contributed by atoms with Crippen molar-refractivity contribution in [3.05, 3.63) is 34.3 Å². The molecule has 1 aromatic rings. The number of benzene rings is 1. The predicted molar refractivity (Wildman–Crippen MR) is 74.3 cm³/mol. The zero-order chi connectivity index (χ0) is 12.1. The first-order valence-electron chi connectivity index (χ1n) is 5.21. The van der Waals surface area contributed by atoms with Crippen LogP contribution in [0.25, 0.3) is 0 Å². The van der Waals surface area contributed by atoms with E-state index in [1.807, 2.05) is 24.3 Å². The molecule has 1 aliphatic rings. The number of halogens is 1. The zero-order valence-electron chi connectivity index (χ0n) is 9.07. The molecule has 0 saturated carbocycles. The summed E-state index contributed by atoms with van der Waals surface area (Å²) in [5.74, 6) is 0.944. The standard InChI is InChI=1S/C11H12BrN3OS/c12-9-4-2-1-3-8(9)7-14-10(16)15-11-13-5-6-17-11/h1-4H,5-7H2,(H2,13,14,15,16). The lowest BCUT2D eigenvalue weighted by Crippen LogP contribution is -2.37. The topological polar surface area (TPSA) is 53.5 Å². The van der Waals surface area contributed by atoms with E-state index >= 15 is 0 Å². The minimum atomic E-state index is -0.214. The molecule has 90 valence electrons. The normalized spacial score (nSPS) is 14.3. The van der Waals surface area contributed by atoms with Crippen molar-refractivity contribution in [3.8, 4) is 0 Å². The lowest BCUT2D eigenvalue weighted by atomic mass is 10.2. The van der Waals surface area contributed by atoms with E-state index in [0.717, 1.165) is 22.3 Å². The summed E-state index contributed by atoms with van der Waals surface area (Å²) >= 11 is 5.00. The fraction of sp³-hybridized carbons (Fsp3) is 0.273. The van der Waals surface area contributed by atoms with Crippen LogP contribution < -0.4 is 10.6 Å². The van der Waals surface area contributed by atoms with Crippen LogP contribution in [0.2, 0.25) is 0 Å². The van der Waals surface area contributed by atoms with E-state index in [9.17, 15) is 4.79 Å². The highest BCUT2D eigenvalue weighted by Gasteiger charge is 2.10. The van der Waals surface area contributed by atoms with Crippen molar-refractivity contribution in [2.24, 2.45) is 4.99 Å². The highest BCUT2D eigenvalue weighted by atomic mass is 79.9. The maximum Gasteiger partial charge on any atom is 0.321 e. The minimum absolute atomic E-state index is 0.214. The summed E-state index contributed by atoms with van der Waals surface area (Å²) in [6.45, 7) is 1.27. The van der Waals surface area contributed by atoms with Crippen molar-refractivity contribution in [1.29, 1.82) is 0 Å². The lowest BCUT2D eigenvalue weighted by Gasteiger charge is -2.08. The van der Waals surface area contributed by atoms with Crippen LogP contribution in [0.1, 0.15) is 5.56 Å². The highest BCUT2D eigenvalue weighted by molar-refractivity contribution is 9.10. The second-order valence-corrected chi connectivity index (χ2v) is 5.37. The van der Waals surface area contributed by atoms with Crippen LogP contribution in [0.4, 0.5) is 4.79 Å². The number of aliphatic imine (C=N–C) groups is 1. The van der Waals surface area contributed by atoms with E-state index in [2.05, 4.69) is 31.6 Å². The molecule has 0 bridgehead atoms. The maximum absolute atomic E-state index is 11.6. The molecule has 2 rings (SSSR count). The van der Waals surface area contributed by atoms with Crippen molar-refractivity contribution in [1.82, 2.24) is 10.6 Å². The molecule has 0 unspecified atom stereocenters. The number of hydrogen-bond acceptors (Lipinski definition) is 3. The molecular weight excluding hydrogens is 302 g/mol. The summed E-state index contributed by atoms with van der Waals surface area (Å²) in [7, 11) is 0. The molecule has 0 fully saturated rings. The third kappa shape index (κ3) is 3.74. The second-order valence-electron chi connectivity index (χ2n) is 3.43. The molecule has 0 saturated heterocycles. The third-order valence-corrected chi connectivity index (χ3v) is 3.87. The van der Waals surface area contributed by atoms with E-state index in [0.29, 0.717) is 11.7 Å². The number of rotatable bonds is 2. The number of thioether (sulfide) groups is 1. The predicted octanol–water partition coefficient (Wildman–Crippen LogP) is 2.35. The second kappa shape index (κ2) is 6.07. The average Bonchev–Trinajstić information content (AvgIpc) is 2.81. The van der Waals surface area contributed by atoms with Crippen LogP contribution in [0, 0.1) is 0 Å². The molecule has 2 N–H and O–H groups in total. The molecule has 0 atom stereocenters. The summed E-state index contributed by atoms with van der Waals surface area (Å²) in [6, 6.07) is 7.58. The van der Waals surface area contributed by atoms with E-state index in [1.165, 1.54) is 0 Å². The minimum Gasteiger partial charge on any atom is -0.334 e. The van der Waals surface area contributed by atoms with Gasteiger partial charge in [-0.05, 0) is 11.6 Å². The Balaban J connectivity index is 1.82. The maximum atomic E-state index is 11.6. The van der Waals surface area contributed by atoms with Gasteiger partial charge in [-0.2, -0.15) is 0 Å². The van der Waals surface area contributed by atoms with Gasteiger partial charge in [-0.15, -0.1) is 0 Å². The smallest absolute Gasteiger partial charge is 0.321 e. The highest BCUT2D eigenvalue weighted by Crippen LogP contribution is 2.15. The summed E-state index contributed by atoms with van der Waals surface area (Å²) in [5.41, 5.74) is 1.05. The van der Waals surface area contributed by atoms with Crippen molar-refractivity contribution >= 4 is 38.9 Å². The summed E-state index contributed by atoms with van der Waals surface area (Å²) in [5, 5.41) is 6.21. The SMILES string of the molecule is O=C(NCc1ccccc1Br)NC1=NCCS1. The van der Waals surface area contributed by atoms with Gasteiger partial charge in [0.1, 0.15) is 0 Å². The molecule has 1 aromatic carbocycles. The molecule has 17 heavy (non-hydrogen) atoms. The summed E-state index contributed by atoms with van der Waals surface area (Å²) in [6.07, 6.45) is 0. The van der Waals surface area contributed by atoms with Crippen LogP contribution >= 0.6 is 27.7 Å². The summed E-state index contributed by atoms with van der Waals surface area (Å²) in [4.78, 5) is 15.7. The fourth-order valence-corrected chi connectivity index (χ4v) is 2.52. The Morgan fingerprint density at radius 3 is 3.00 bits per heavy atom. The number of nitrogens with one attached hydrogen (secondary N) is 2. The molecular formula is C11H12BrN3OS. The van der Waals surface area contributed by atoms with Crippen LogP contribution in [0.5, 0.6) is 0 Å². The molecule has 4 nitrogen and oxygen atoms in total. The molecule has 0 aliphatic carbocycles. The van der Waals surface area contributed by atoms with Gasteiger partial charge >= 0.3 is 6.03 Å². The van der Waals surface area contributed by atoms with Gasteiger partial charge in [-0.1, -0.05) is 45.9 Å². The van der Waals surface area contributed by atoms with Crippen molar-refractivity contribution < 1.29 is 4.79 Å². The number of carbonyl (C=O) groups excluding carboxylic acids is 1. The van der Waals surface area contributed by atoms with Gasteiger partial charge in [0.15, 0.2) is 5.17 Å². The Morgan fingerprint density at radius 1 is 1.47 bits per heavy atom. The Labute approximate surface area is 112 Å². The fourth-order valence-electron chi connectivity index (χ4n) is 1.37. The number of amides is 2. The number of carbonyl (C=O) groups is 1.